The molecule has 3 aromatic rings. The molecule has 1 saturated heterocycles. The van der Waals surface area contributed by atoms with Crippen molar-refractivity contribution in [1.29, 1.82) is 0 Å². The van der Waals surface area contributed by atoms with Crippen LogP contribution in [0.15, 0.2) is 84.9 Å². The maximum Gasteiger partial charge on any atom is 0.251 e. The Labute approximate surface area is 294 Å². The van der Waals surface area contributed by atoms with E-state index in [2.05, 4.69) is 16.0 Å². The highest BCUT2D eigenvalue weighted by Gasteiger charge is 2.52. The van der Waals surface area contributed by atoms with Crippen molar-refractivity contribution in [3.63, 3.8) is 0 Å². The van der Waals surface area contributed by atoms with E-state index >= 15 is 0 Å². The molecule has 0 aromatic heterocycles. The molecular weight excluding hydrogens is 666 g/mol. The van der Waals surface area contributed by atoms with E-state index in [9.17, 15) is 39.6 Å². The molecule has 14 heteroatoms. The zero-order chi connectivity index (χ0) is 36.1. The SMILES string of the molecule is CC(=O)N[C@H]1[C@H]([C@H](O)[C@H](O)CNC(=O)c2ccc(-c3ccccc3)cc2)O[C@@](OCCCSCCNC(=O)c2ccccc2)(C(=O)[O-])C[C@@H]1O. The minimum absolute atomic E-state index is 0.126. The fourth-order valence-corrected chi connectivity index (χ4v) is 6.23. The topological polar surface area (TPSA) is 207 Å². The van der Waals surface area contributed by atoms with Crippen molar-refractivity contribution >= 4 is 35.5 Å². The second kappa shape index (κ2) is 18.6. The largest absolute Gasteiger partial charge is 0.544 e. The van der Waals surface area contributed by atoms with Crippen molar-refractivity contribution in [1.82, 2.24) is 16.0 Å². The lowest BCUT2D eigenvalue weighted by Gasteiger charge is -2.49. The van der Waals surface area contributed by atoms with E-state index in [1.54, 1.807) is 48.5 Å². The van der Waals surface area contributed by atoms with E-state index in [1.807, 2.05) is 36.4 Å². The third-order valence-corrected chi connectivity index (χ3v) is 9.12. The van der Waals surface area contributed by atoms with Gasteiger partial charge in [-0.3, -0.25) is 14.4 Å². The van der Waals surface area contributed by atoms with E-state index in [0.29, 0.717) is 35.6 Å². The fourth-order valence-electron chi connectivity index (χ4n) is 5.45. The molecule has 1 aliphatic heterocycles. The number of nitrogens with one attached hydrogen (secondary N) is 3. The van der Waals surface area contributed by atoms with Gasteiger partial charge in [0.1, 0.15) is 18.2 Å². The predicted octanol–water partition coefficient (Wildman–Crippen LogP) is 0.476. The Kier molecular flexibility index (Phi) is 14.3. The molecule has 1 aliphatic rings. The third kappa shape index (κ3) is 10.6. The number of benzene rings is 3. The number of hydrogen-bond donors (Lipinski definition) is 6. The molecule has 6 N–H and O–H groups in total. The zero-order valence-electron chi connectivity index (χ0n) is 27.5. The van der Waals surface area contributed by atoms with Crippen molar-refractivity contribution in [3.8, 4) is 11.1 Å². The smallest absolute Gasteiger partial charge is 0.251 e. The lowest BCUT2D eigenvalue weighted by molar-refractivity contribution is -0.381. The molecule has 50 heavy (non-hydrogen) atoms. The molecule has 1 heterocycles. The first-order valence-corrected chi connectivity index (χ1v) is 17.4. The second-order valence-corrected chi connectivity index (χ2v) is 13.0. The average Bonchev–Trinajstić information content (AvgIpc) is 3.12. The molecule has 0 unspecified atom stereocenters. The van der Waals surface area contributed by atoms with Gasteiger partial charge in [-0.05, 0) is 47.6 Å². The summed E-state index contributed by atoms with van der Waals surface area (Å²) < 4.78 is 11.3. The van der Waals surface area contributed by atoms with Crippen LogP contribution in [0.3, 0.4) is 0 Å². The van der Waals surface area contributed by atoms with Gasteiger partial charge in [0.25, 0.3) is 11.8 Å². The molecule has 3 amide bonds. The summed E-state index contributed by atoms with van der Waals surface area (Å²) in [7, 11) is 0. The van der Waals surface area contributed by atoms with Crippen molar-refractivity contribution in [2.24, 2.45) is 0 Å². The first-order valence-electron chi connectivity index (χ1n) is 16.2. The summed E-state index contributed by atoms with van der Waals surface area (Å²) in [5.74, 6) is -4.50. The van der Waals surface area contributed by atoms with Crippen LogP contribution in [0, 0.1) is 0 Å². The van der Waals surface area contributed by atoms with Gasteiger partial charge in [0, 0.05) is 43.3 Å². The van der Waals surface area contributed by atoms with E-state index in [1.165, 1.54) is 11.8 Å². The van der Waals surface area contributed by atoms with Gasteiger partial charge in [-0.25, -0.2) is 0 Å². The Morgan fingerprint density at radius 2 is 1.50 bits per heavy atom. The summed E-state index contributed by atoms with van der Waals surface area (Å²) in [4.78, 5) is 49.3. The van der Waals surface area contributed by atoms with Gasteiger partial charge >= 0.3 is 0 Å². The summed E-state index contributed by atoms with van der Waals surface area (Å²) in [5, 5.41) is 53.0. The Morgan fingerprint density at radius 3 is 2.14 bits per heavy atom. The highest BCUT2D eigenvalue weighted by Crippen LogP contribution is 2.33. The molecule has 0 aliphatic carbocycles. The molecule has 3 aromatic carbocycles. The minimum atomic E-state index is -2.50. The van der Waals surface area contributed by atoms with Crippen molar-refractivity contribution in [3.05, 3.63) is 96.1 Å². The number of thioether (sulfide) groups is 1. The van der Waals surface area contributed by atoms with Crippen LogP contribution in [0.2, 0.25) is 0 Å². The predicted molar refractivity (Wildman–Crippen MR) is 184 cm³/mol. The van der Waals surface area contributed by atoms with Gasteiger partial charge in [0.2, 0.25) is 11.7 Å². The summed E-state index contributed by atoms with van der Waals surface area (Å²) in [5.41, 5.74) is 2.72. The molecule has 4 rings (SSSR count). The number of aliphatic carboxylic acids is 1. The van der Waals surface area contributed by atoms with Gasteiger partial charge in [-0.2, -0.15) is 11.8 Å². The molecule has 0 spiro atoms. The maximum absolute atomic E-state index is 12.8. The molecule has 268 valence electrons. The fraction of sp³-hybridized carbons (Fsp3) is 0.389. The molecule has 0 saturated carbocycles. The average molecular weight is 709 g/mol. The number of hydrogen-bond acceptors (Lipinski definition) is 11. The monoisotopic (exact) mass is 708 g/mol. The number of aliphatic hydroxyl groups excluding tert-OH is 3. The van der Waals surface area contributed by atoms with E-state index in [4.69, 9.17) is 9.47 Å². The number of carbonyl (C=O) groups excluding carboxylic acids is 4. The second-order valence-electron chi connectivity index (χ2n) is 11.8. The molecule has 0 bridgehead atoms. The molecular formula is C36H42N3O10S-. The number of carboxylic acid groups (broad SMARTS) is 1. The van der Waals surface area contributed by atoms with Gasteiger partial charge in [0.15, 0.2) is 0 Å². The summed E-state index contributed by atoms with van der Waals surface area (Å²) in [6.07, 6.45) is -7.08. The number of carbonyl (C=O) groups is 4. The standard InChI is InChI=1S/C36H43N3O10S/c1-23(40)39-30-28(41)21-36(35(46)47,48-18-8-19-50-20-17-37-33(44)26-11-6-3-7-12-26)49-32(30)31(43)29(42)22-38-34(45)27-15-13-25(14-16-27)24-9-4-2-5-10-24/h2-7,9-16,28-32,41-43H,8,17-22H2,1H3,(H,37,44)(H,38,45)(H,39,40)(H,46,47)/p-1/t28-,29+,30+,31+,32+,36+/m0/s1. The quantitative estimate of drug-likeness (QED) is 0.106. The van der Waals surface area contributed by atoms with Crippen LogP contribution in [0.25, 0.3) is 11.1 Å². The molecule has 0 radical (unpaired) electrons. The zero-order valence-corrected chi connectivity index (χ0v) is 28.3. The van der Waals surface area contributed by atoms with Crippen molar-refractivity contribution < 1.29 is 49.1 Å². The van der Waals surface area contributed by atoms with Gasteiger partial charge in [0.05, 0.1) is 24.9 Å². The van der Waals surface area contributed by atoms with Crippen molar-refractivity contribution in [2.75, 3.05) is 31.2 Å². The summed E-state index contributed by atoms with van der Waals surface area (Å²) >= 11 is 1.50. The number of carboxylic acids is 1. The van der Waals surface area contributed by atoms with Gasteiger partial charge < -0.3 is 50.6 Å². The Balaban J connectivity index is 1.30. The first kappa shape index (κ1) is 38.5. The number of amides is 3. The number of aliphatic hydroxyl groups is 3. The van der Waals surface area contributed by atoms with Gasteiger partial charge in [-0.1, -0.05) is 60.7 Å². The number of ether oxygens (including phenoxy) is 2. The Bertz CT molecular complexity index is 1560. The Morgan fingerprint density at radius 1 is 0.900 bits per heavy atom. The van der Waals surface area contributed by atoms with Crippen LogP contribution < -0.4 is 21.1 Å². The summed E-state index contributed by atoms with van der Waals surface area (Å²) in [6, 6.07) is 23.8. The van der Waals surface area contributed by atoms with Crippen LogP contribution in [0.4, 0.5) is 0 Å². The summed E-state index contributed by atoms with van der Waals surface area (Å²) in [6.45, 7) is 0.994. The Hall–Kier alpha value is -4.31. The van der Waals surface area contributed by atoms with Crippen LogP contribution in [-0.2, 0) is 19.1 Å². The van der Waals surface area contributed by atoms with E-state index in [-0.39, 0.29) is 12.5 Å². The van der Waals surface area contributed by atoms with E-state index in [0.717, 1.165) is 18.1 Å². The molecule has 13 nitrogen and oxygen atoms in total. The van der Waals surface area contributed by atoms with Crippen molar-refractivity contribution in [2.45, 2.75) is 56.0 Å². The first-order chi connectivity index (χ1) is 24.0. The van der Waals surface area contributed by atoms with Crippen LogP contribution in [0.5, 0.6) is 0 Å². The van der Waals surface area contributed by atoms with Crippen LogP contribution >= 0.6 is 11.8 Å². The lowest BCUT2D eigenvalue weighted by Crippen LogP contribution is -2.69. The normalized spacial score (nSPS) is 21.4. The van der Waals surface area contributed by atoms with Gasteiger partial charge in [-0.15, -0.1) is 0 Å². The molecule has 1 fully saturated rings. The highest BCUT2D eigenvalue weighted by molar-refractivity contribution is 7.99. The van der Waals surface area contributed by atoms with E-state index < -0.39 is 67.0 Å². The van der Waals surface area contributed by atoms with Crippen LogP contribution in [0.1, 0.15) is 40.5 Å². The number of rotatable bonds is 17. The minimum Gasteiger partial charge on any atom is -0.544 e. The molecule has 6 atom stereocenters. The maximum atomic E-state index is 12.8. The highest BCUT2D eigenvalue weighted by atomic mass is 32.2. The lowest BCUT2D eigenvalue weighted by atomic mass is 9.88. The third-order valence-electron chi connectivity index (χ3n) is 8.05. The van der Waals surface area contributed by atoms with Crippen LogP contribution in [-0.4, -0.2) is 106 Å².